The van der Waals surface area contributed by atoms with Crippen molar-refractivity contribution < 1.29 is 14.7 Å². The number of aliphatic carboxylic acids is 1. The molecule has 0 spiro atoms. The minimum Gasteiger partial charge on any atom is -0.481 e. The zero-order valence-electron chi connectivity index (χ0n) is 10.2. The highest BCUT2D eigenvalue weighted by atomic mass is 79.9. The lowest BCUT2D eigenvalue weighted by atomic mass is 9.98. The minimum absolute atomic E-state index is 0.0212. The summed E-state index contributed by atoms with van der Waals surface area (Å²) in [4.78, 5) is 26.4. The van der Waals surface area contributed by atoms with E-state index in [1.807, 2.05) is 0 Å². The molecule has 0 radical (unpaired) electrons. The van der Waals surface area contributed by atoms with Crippen LogP contribution < -0.4 is 5.32 Å². The van der Waals surface area contributed by atoms with Crippen molar-refractivity contribution in [3.8, 4) is 0 Å². The van der Waals surface area contributed by atoms with Gasteiger partial charge in [-0.2, -0.15) is 0 Å². The smallest absolute Gasteiger partial charge is 0.303 e. The lowest BCUT2D eigenvalue weighted by Crippen LogP contribution is -2.43. The second kappa shape index (κ2) is 5.95. The third kappa shape index (κ3) is 4.83. The Hall–Kier alpha value is -1.43. The highest BCUT2D eigenvalue weighted by molar-refractivity contribution is 9.10. The highest BCUT2D eigenvalue weighted by Crippen LogP contribution is 2.14. The van der Waals surface area contributed by atoms with Crippen molar-refractivity contribution in [1.82, 2.24) is 10.3 Å². The number of hydrogen-bond acceptors (Lipinski definition) is 3. The number of hydrogen-bond donors (Lipinski definition) is 2. The second-order valence-corrected chi connectivity index (χ2v) is 5.41. The maximum atomic E-state index is 12.0. The van der Waals surface area contributed by atoms with Crippen molar-refractivity contribution in [2.75, 3.05) is 0 Å². The molecule has 1 aromatic heterocycles. The summed E-state index contributed by atoms with van der Waals surface area (Å²) in [7, 11) is 0. The van der Waals surface area contributed by atoms with Crippen molar-refractivity contribution >= 4 is 27.8 Å². The number of carboxylic acid groups (broad SMARTS) is 1. The van der Waals surface area contributed by atoms with Crippen LogP contribution in [0.3, 0.4) is 0 Å². The lowest BCUT2D eigenvalue weighted by molar-refractivity contribution is -0.137. The van der Waals surface area contributed by atoms with Gasteiger partial charge in [0.05, 0.1) is 0 Å². The minimum atomic E-state index is -0.871. The molecule has 0 aromatic carbocycles. The maximum Gasteiger partial charge on any atom is 0.303 e. The number of nitrogens with zero attached hydrogens (tertiary/aromatic N) is 1. The quantitative estimate of drug-likeness (QED) is 0.817. The molecule has 0 fully saturated rings. The van der Waals surface area contributed by atoms with Crippen LogP contribution in [-0.4, -0.2) is 27.5 Å². The number of aromatic nitrogens is 1. The molecule has 0 saturated carbocycles. The number of pyridine rings is 1. The Morgan fingerprint density at radius 3 is 2.72 bits per heavy atom. The van der Waals surface area contributed by atoms with Crippen molar-refractivity contribution in [3.05, 3.63) is 28.5 Å². The third-order valence-electron chi connectivity index (χ3n) is 2.40. The van der Waals surface area contributed by atoms with Crippen LogP contribution in [0.1, 0.15) is 37.0 Å². The first kappa shape index (κ1) is 14.6. The highest BCUT2D eigenvalue weighted by Gasteiger charge is 2.22. The van der Waals surface area contributed by atoms with Crippen molar-refractivity contribution in [3.63, 3.8) is 0 Å². The van der Waals surface area contributed by atoms with Gasteiger partial charge >= 0.3 is 5.97 Å². The molecule has 0 aliphatic rings. The average molecular weight is 315 g/mol. The number of rotatable bonds is 5. The zero-order valence-corrected chi connectivity index (χ0v) is 11.8. The van der Waals surface area contributed by atoms with Gasteiger partial charge in [-0.1, -0.05) is 0 Å². The third-order valence-corrected chi connectivity index (χ3v) is 2.84. The van der Waals surface area contributed by atoms with Gasteiger partial charge in [-0.3, -0.25) is 9.59 Å². The number of halogens is 1. The first-order valence-corrected chi connectivity index (χ1v) is 6.25. The predicted octanol–water partition coefficient (Wildman–Crippen LogP) is 2.22. The van der Waals surface area contributed by atoms with E-state index in [1.165, 1.54) is 6.20 Å². The van der Waals surface area contributed by atoms with Gasteiger partial charge in [0.2, 0.25) is 0 Å². The average Bonchev–Trinajstić information content (AvgIpc) is 2.26. The molecule has 0 aliphatic heterocycles. The predicted molar refractivity (Wildman–Crippen MR) is 70.4 cm³/mol. The molecule has 0 aliphatic carbocycles. The van der Waals surface area contributed by atoms with Crippen LogP contribution >= 0.6 is 15.9 Å². The molecule has 2 N–H and O–H groups in total. The van der Waals surface area contributed by atoms with Crippen LogP contribution in [0.4, 0.5) is 0 Å². The fraction of sp³-hybridized carbons (Fsp3) is 0.417. The Morgan fingerprint density at radius 1 is 1.50 bits per heavy atom. The van der Waals surface area contributed by atoms with Crippen molar-refractivity contribution in [2.24, 2.45) is 0 Å². The van der Waals surface area contributed by atoms with Gasteiger partial charge in [0.1, 0.15) is 4.60 Å². The van der Waals surface area contributed by atoms with Gasteiger partial charge in [0, 0.05) is 23.7 Å². The molecule has 1 aromatic rings. The van der Waals surface area contributed by atoms with Gasteiger partial charge in [-0.25, -0.2) is 4.98 Å². The summed E-state index contributed by atoms with van der Waals surface area (Å²) in [6.45, 7) is 3.59. The van der Waals surface area contributed by atoms with Crippen LogP contribution in [-0.2, 0) is 4.79 Å². The van der Waals surface area contributed by atoms with E-state index in [-0.39, 0.29) is 12.3 Å². The number of amides is 1. The maximum absolute atomic E-state index is 12.0. The van der Waals surface area contributed by atoms with E-state index in [0.29, 0.717) is 16.6 Å². The van der Waals surface area contributed by atoms with Crippen LogP contribution in [0.15, 0.2) is 22.9 Å². The molecule has 1 amide bonds. The molecule has 98 valence electrons. The van der Waals surface area contributed by atoms with E-state index in [0.717, 1.165) is 0 Å². The van der Waals surface area contributed by atoms with E-state index in [9.17, 15) is 9.59 Å². The number of carbonyl (C=O) groups is 2. The monoisotopic (exact) mass is 314 g/mol. The van der Waals surface area contributed by atoms with Crippen LogP contribution in [0, 0.1) is 0 Å². The summed E-state index contributed by atoms with van der Waals surface area (Å²) in [5.74, 6) is -1.11. The van der Waals surface area contributed by atoms with Gasteiger partial charge in [-0.15, -0.1) is 0 Å². The fourth-order valence-electron chi connectivity index (χ4n) is 1.41. The Morgan fingerprint density at radius 2 is 2.17 bits per heavy atom. The number of carbonyl (C=O) groups excluding carboxylic acids is 1. The number of nitrogens with one attached hydrogen (secondary N) is 1. The Bertz CT molecular complexity index is 460. The Labute approximate surface area is 114 Å². The van der Waals surface area contributed by atoms with E-state index in [4.69, 9.17) is 5.11 Å². The Balaban J connectivity index is 2.66. The molecule has 1 heterocycles. The summed E-state index contributed by atoms with van der Waals surface area (Å²) >= 11 is 3.19. The van der Waals surface area contributed by atoms with Crippen LogP contribution in [0.25, 0.3) is 0 Å². The summed E-state index contributed by atoms with van der Waals surface area (Å²) < 4.78 is 0.582. The molecular formula is C12H15BrN2O3. The molecule has 0 bridgehead atoms. The molecule has 6 heteroatoms. The van der Waals surface area contributed by atoms with Crippen LogP contribution in [0.2, 0.25) is 0 Å². The molecule has 0 unspecified atom stereocenters. The summed E-state index contributed by atoms with van der Waals surface area (Å²) in [6.07, 6.45) is 1.93. The first-order chi connectivity index (χ1) is 8.30. The normalized spacial score (nSPS) is 11.1. The van der Waals surface area contributed by atoms with Gasteiger partial charge < -0.3 is 10.4 Å². The van der Waals surface area contributed by atoms with Gasteiger partial charge in [-0.05, 0) is 48.3 Å². The van der Waals surface area contributed by atoms with E-state index >= 15 is 0 Å². The van der Waals surface area contributed by atoms with E-state index in [2.05, 4.69) is 26.2 Å². The molecule has 1 rings (SSSR count). The zero-order chi connectivity index (χ0) is 13.8. The molecular weight excluding hydrogens is 300 g/mol. The summed E-state index contributed by atoms with van der Waals surface area (Å²) in [6, 6.07) is 3.22. The fourth-order valence-corrected chi connectivity index (χ4v) is 1.77. The van der Waals surface area contributed by atoms with Gasteiger partial charge in [0.15, 0.2) is 0 Å². The van der Waals surface area contributed by atoms with E-state index in [1.54, 1.807) is 26.0 Å². The van der Waals surface area contributed by atoms with Crippen molar-refractivity contribution in [1.29, 1.82) is 0 Å². The Kier molecular flexibility index (Phi) is 4.84. The molecule has 18 heavy (non-hydrogen) atoms. The van der Waals surface area contributed by atoms with E-state index < -0.39 is 11.5 Å². The van der Waals surface area contributed by atoms with Crippen molar-refractivity contribution in [2.45, 2.75) is 32.2 Å². The molecule has 0 atom stereocenters. The van der Waals surface area contributed by atoms with Gasteiger partial charge in [0.25, 0.3) is 5.91 Å². The largest absolute Gasteiger partial charge is 0.481 e. The molecule has 0 saturated heterocycles. The summed E-state index contributed by atoms with van der Waals surface area (Å²) in [5, 5.41) is 11.4. The standard InChI is InChI=1S/C12H15BrN2O3/c1-12(2,5-3-10(16)17)15-11(18)8-4-6-14-9(13)7-8/h4,6-7H,3,5H2,1-2H3,(H,15,18)(H,16,17). The van der Waals surface area contributed by atoms with Crippen LogP contribution in [0.5, 0.6) is 0 Å². The lowest BCUT2D eigenvalue weighted by Gasteiger charge is -2.25. The molecule has 5 nitrogen and oxygen atoms in total. The second-order valence-electron chi connectivity index (χ2n) is 4.60. The first-order valence-electron chi connectivity index (χ1n) is 5.46. The summed E-state index contributed by atoms with van der Waals surface area (Å²) in [5.41, 5.74) is -0.0779. The topological polar surface area (TPSA) is 79.3 Å². The number of carboxylic acids is 1. The SMILES string of the molecule is CC(C)(CCC(=O)O)NC(=O)c1ccnc(Br)c1.